The minimum absolute atomic E-state index is 0.240. The normalized spacial score (nSPS) is 25.7. The Balaban J connectivity index is 1.59. The molecule has 1 amide bonds. The predicted octanol–water partition coefficient (Wildman–Crippen LogP) is 2.68. The third kappa shape index (κ3) is 2.58. The van der Waals surface area contributed by atoms with Crippen molar-refractivity contribution >= 4 is 22.2 Å². The van der Waals surface area contributed by atoms with E-state index in [4.69, 9.17) is 0 Å². The van der Waals surface area contributed by atoms with E-state index in [0.29, 0.717) is 12.1 Å². The maximum absolute atomic E-state index is 12.0. The lowest BCUT2D eigenvalue weighted by molar-refractivity contribution is -0.131. The van der Waals surface area contributed by atoms with Gasteiger partial charge in [0.05, 0.1) is 11.4 Å². The molecule has 0 aromatic carbocycles. The first-order chi connectivity index (χ1) is 11.1. The molecule has 2 aromatic heterocycles. The number of likely N-dealkylation sites (tertiary alicyclic amines) is 2. The van der Waals surface area contributed by atoms with Gasteiger partial charge in [-0.15, -0.1) is 11.3 Å². The van der Waals surface area contributed by atoms with E-state index in [-0.39, 0.29) is 5.91 Å². The molecule has 4 rings (SSSR count). The molecular weight excluding hydrogens is 308 g/mol. The zero-order valence-corrected chi connectivity index (χ0v) is 14.7. The molecule has 2 aliphatic rings. The van der Waals surface area contributed by atoms with Crippen LogP contribution in [0.15, 0.2) is 11.6 Å². The molecule has 0 unspecified atom stereocenters. The fourth-order valence-corrected chi connectivity index (χ4v) is 5.13. The zero-order valence-electron chi connectivity index (χ0n) is 13.9. The number of amides is 1. The number of aromatic nitrogens is 2. The number of aryl methyl sites for hydroxylation is 1. The fourth-order valence-electron chi connectivity index (χ4n) is 4.35. The largest absolute Gasteiger partial charge is 0.338 e. The van der Waals surface area contributed by atoms with Crippen LogP contribution in [-0.2, 0) is 11.3 Å². The van der Waals surface area contributed by atoms with E-state index in [0.717, 1.165) is 43.1 Å². The van der Waals surface area contributed by atoms with Gasteiger partial charge in [0.25, 0.3) is 0 Å². The molecule has 124 valence electrons. The van der Waals surface area contributed by atoms with E-state index < -0.39 is 0 Å². The average Bonchev–Trinajstić information content (AvgIpc) is 3.13. The lowest BCUT2D eigenvalue weighted by Gasteiger charge is -2.32. The molecule has 2 atom stereocenters. The second kappa shape index (κ2) is 5.91. The third-order valence-corrected chi connectivity index (χ3v) is 6.25. The van der Waals surface area contributed by atoms with Crippen LogP contribution < -0.4 is 0 Å². The molecule has 5 nitrogen and oxygen atoms in total. The highest BCUT2D eigenvalue weighted by Gasteiger charge is 2.40. The minimum atomic E-state index is 0.240. The molecule has 0 saturated carbocycles. The summed E-state index contributed by atoms with van der Waals surface area (Å²) >= 11 is 1.69. The number of hydrogen-bond donors (Lipinski definition) is 0. The molecule has 0 spiro atoms. The molecule has 0 radical (unpaired) electrons. The molecule has 0 aliphatic carbocycles. The van der Waals surface area contributed by atoms with Gasteiger partial charge in [-0.2, -0.15) is 0 Å². The van der Waals surface area contributed by atoms with Crippen molar-refractivity contribution < 1.29 is 4.79 Å². The van der Waals surface area contributed by atoms with Crippen LogP contribution in [0.1, 0.15) is 44.0 Å². The number of thiazole rings is 1. The smallest absolute Gasteiger partial charge is 0.219 e. The molecule has 2 saturated heterocycles. The minimum Gasteiger partial charge on any atom is -0.338 e. The van der Waals surface area contributed by atoms with Gasteiger partial charge < -0.3 is 4.90 Å². The first-order valence-electron chi connectivity index (χ1n) is 8.57. The summed E-state index contributed by atoms with van der Waals surface area (Å²) in [6.45, 7) is 6.79. The second-order valence-corrected chi connectivity index (χ2v) is 7.67. The SMILES string of the molecule is CC(=O)N1CCCC[C@@H]2[C@H]1CCN2Cc1c(C)nc2sccn12. The van der Waals surface area contributed by atoms with Crippen LogP contribution in [0.5, 0.6) is 0 Å². The maximum atomic E-state index is 12.0. The molecule has 6 heteroatoms. The highest BCUT2D eigenvalue weighted by Crippen LogP contribution is 2.32. The van der Waals surface area contributed by atoms with E-state index >= 15 is 0 Å². The summed E-state index contributed by atoms with van der Waals surface area (Å²) in [5, 5.41) is 2.10. The lowest BCUT2D eigenvalue weighted by atomic mass is 10.0. The van der Waals surface area contributed by atoms with Crippen LogP contribution in [0.4, 0.5) is 0 Å². The zero-order chi connectivity index (χ0) is 16.0. The summed E-state index contributed by atoms with van der Waals surface area (Å²) in [6, 6.07) is 0.908. The summed E-state index contributed by atoms with van der Waals surface area (Å²) in [6.07, 6.45) is 6.80. The summed E-state index contributed by atoms with van der Waals surface area (Å²) in [5.41, 5.74) is 2.44. The Morgan fingerprint density at radius 3 is 3.00 bits per heavy atom. The summed E-state index contributed by atoms with van der Waals surface area (Å²) in [7, 11) is 0. The van der Waals surface area contributed by atoms with Crippen molar-refractivity contribution in [3.8, 4) is 0 Å². The summed E-state index contributed by atoms with van der Waals surface area (Å²) in [4.78, 5) is 22.5. The Morgan fingerprint density at radius 1 is 1.30 bits per heavy atom. The molecule has 2 fully saturated rings. The molecule has 0 N–H and O–H groups in total. The first-order valence-corrected chi connectivity index (χ1v) is 9.45. The van der Waals surface area contributed by atoms with Gasteiger partial charge in [-0.3, -0.25) is 14.1 Å². The fraction of sp³-hybridized carbons (Fsp3) is 0.647. The van der Waals surface area contributed by atoms with Crippen LogP contribution in [0, 0.1) is 6.92 Å². The average molecular weight is 332 g/mol. The van der Waals surface area contributed by atoms with Crippen molar-refractivity contribution in [1.29, 1.82) is 0 Å². The van der Waals surface area contributed by atoms with Crippen molar-refractivity contribution in [1.82, 2.24) is 19.2 Å². The van der Waals surface area contributed by atoms with E-state index in [1.165, 1.54) is 18.5 Å². The molecule has 2 aromatic rings. The van der Waals surface area contributed by atoms with E-state index in [2.05, 4.69) is 37.7 Å². The second-order valence-electron chi connectivity index (χ2n) is 6.80. The Kier molecular flexibility index (Phi) is 3.89. The van der Waals surface area contributed by atoms with Crippen LogP contribution >= 0.6 is 11.3 Å². The Labute approximate surface area is 140 Å². The monoisotopic (exact) mass is 332 g/mol. The standard InChI is InChI=1S/C17H24N4OS/c1-12-16(21-9-10-23-17(21)18-12)11-19-8-6-15-14(19)5-3-4-7-20(15)13(2)22/h9-10,14-15H,3-8,11H2,1-2H3/t14-,15-/m1/s1. The number of nitrogens with zero attached hydrogens (tertiary/aromatic N) is 4. The van der Waals surface area contributed by atoms with Crippen molar-refractivity contribution in [3.63, 3.8) is 0 Å². The van der Waals surface area contributed by atoms with Gasteiger partial charge in [0.1, 0.15) is 0 Å². The number of carbonyl (C=O) groups is 1. The number of carbonyl (C=O) groups excluding carboxylic acids is 1. The molecule has 0 bridgehead atoms. The van der Waals surface area contributed by atoms with Gasteiger partial charge in [-0.05, 0) is 26.2 Å². The van der Waals surface area contributed by atoms with Gasteiger partial charge in [0.15, 0.2) is 4.96 Å². The molecular formula is C17H24N4OS. The number of hydrogen-bond acceptors (Lipinski definition) is 4. The lowest BCUT2D eigenvalue weighted by Crippen LogP contribution is -2.45. The van der Waals surface area contributed by atoms with Crippen LogP contribution in [0.2, 0.25) is 0 Å². The summed E-state index contributed by atoms with van der Waals surface area (Å²) in [5.74, 6) is 0.240. The third-order valence-electron chi connectivity index (χ3n) is 5.49. The number of rotatable bonds is 2. The number of imidazole rings is 1. The van der Waals surface area contributed by atoms with Gasteiger partial charge in [-0.25, -0.2) is 4.98 Å². The first kappa shape index (κ1) is 15.1. The van der Waals surface area contributed by atoms with E-state index in [1.54, 1.807) is 18.3 Å². The van der Waals surface area contributed by atoms with Gasteiger partial charge in [0.2, 0.25) is 5.91 Å². The van der Waals surface area contributed by atoms with Crippen molar-refractivity contribution in [2.75, 3.05) is 13.1 Å². The van der Waals surface area contributed by atoms with Crippen molar-refractivity contribution in [2.45, 2.75) is 58.2 Å². The van der Waals surface area contributed by atoms with Gasteiger partial charge in [0, 0.05) is 50.2 Å². The van der Waals surface area contributed by atoms with E-state index in [1.807, 2.05) is 0 Å². The number of fused-ring (bicyclic) bond motifs is 2. The topological polar surface area (TPSA) is 40.9 Å². The molecule has 23 heavy (non-hydrogen) atoms. The van der Waals surface area contributed by atoms with Crippen molar-refractivity contribution in [3.05, 3.63) is 23.0 Å². The van der Waals surface area contributed by atoms with E-state index in [9.17, 15) is 4.79 Å². The van der Waals surface area contributed by atoms with Crippen LogP contribution in [0.3, 0.4) is 0 Å². The Bertz CT molecular complexity index is 721. The Morgan fingerprint density at radius 2 is 2.17 bits per heavy atom. The molecule has 2 aliphatic heterocycles. The van der Waals surface area contributed by atoms with Crippen molar-refractivity contribution in [2.24, 2.45) is 0 Å². The van der Waals surface area contributed by atoms with Crippen LogP contribution in [0.25, 0.3) is 4.96 Å². The summed E-state index contributed by atoms with van der Waals surface area (Å²) < 4.78 is 2.23. The van der Waals surface area contributed by atoms with Gasteiger partial charge >= 0.3 is 0 Å². The van der Waals surface area contributed by atoms with Crippen LogP contribution in [-0.4, -0.2) is 50.3 Å². The maximum Gasteiger partial charge on any atom is 0.219 e. The quantitative estimate of drug-likeness (QED) is 0.849. The highest BCUT2D eigenvalue weighted by molar-refractivity contribution is 7.15. The Hall–Kier alpha value is -1.40. The molecule has 4 heterocycles. The highest BCUT2D eigenvalue weighted by atomic mass is 32.1. The van der Waals surface area contributed by atoms with Gasteiger partial charge in [-0.1, -0.05) is 6.42 Å². The predicted molar refractivity (Wildman–Crippen MR) is 91.6 cm³/mol.